The van der Waals surface area contributed by atoms with Crippen molar-refractivity contribution in [3.63, 3.8) is 0 Å². The van der Waals surface area contributed by atoms with Gasteiger partial charge in [-0.15, -0.1) is 0 Å². The van der Waals surface area contributed by atoms with Crippen LogP contribution in [0.5, 0.6) is 11.5 Å². The Labute approximate surface area is 318 Å². The molecule has 0 spiro atoms. The van der Waals surface area contributed by atoms with Crippen molar-refractivity contribution in [3.8, 4) is 11.5 Å². The number of Topliss-reactive ketones (excluding diaryl/α,β-unsaturated/α-hetero) is 2. The van der Waals surface area contributed by atoms with Crippen molar-refractivity contribution in [1.82, 2.24) is 0 Å². The molecule has 0 radical (unpaired) electrons. The first kappa shape index (κ1) is 42.6. The van der Waals surface area contributed by atoms with Crippen molar-refractivity contribution in [2.75, 3.05) is 19.2 Å². The summed E-state index contributed by atoms with van der Waals surface area (Å²) in [5.74, 6) is -9.80. The highest BCUT2D eigenvalue weighted by Crippen LogP contribution is 2.53. The van der Waals surface area contributed by atoms with Gasteiger partial charge >= 0.3 is 11.9 Å². The number of ketones is 2. The Morgan fingerprint density at radius 1 is 0.945 bits per heavy atom. The maximum atomic E-state index is 14.0. The number of carbonyl (C=O) groups is 5. The Hall–Kier alpha value is -5.09. The summed E-state index contributed by atoms with van der Waals surface area (Å²) in [6, 6.07) is 0. The molecule has 3 aliphatic heterocycles. The number of fused-ring (bicyclic) bond motifs is 14. The van der Waals surface area contributed by atoms with E-state index in [-0.39, 0.29) is 61.9 Å². The summed E-state index contributed by atoms with van der Waals surface area (Å²) in [7, 11) is 1.04. The van der Waals surface area contributed by atoms with Crippen molar-refractivity contribution in [3.05, 3.63) is 69.2 Å². The number of phenolic OH excluding ortho intramolecular Hbond substituents is 1. The van der Waals surface area contributed by atoms with Gasteiger partial charge in [0.1, 0.15) is 34.6 Å². The minimum atomic E-state index is -2.19. The summed E-state index contributed by atoms with van der Waals surface area (Å²) < 4.78 is 22.2. The van der Waals surface area contributed by atoms with Crippen LogP contribution in [0.2, 0.25) is 0 Å². The summed E-state index contributed by atoms with van der Waals surface area (Å²) in [5, 5.41) is 60.4. The molecule has 1 aromatic carbocycles. The number of aromatic hydroxyl groups is 1. The van der Waals surface area contributed by atoms with E-state index in [2.05, 4.69) is 5.32 Å². The van der Waals surface area contributed by atoms with Crippen LogP contribution in [0.25, 0.3) is 5.57 Å². The highest BCUT2D eigenvalue weighted by Gasteiger charge is 2.47. The van der Waals surface area contributed by atoms with Crippen LogP contribution in [0.15, 0.2) is 52.5 Å². The molecule has 0 unspecified atom stereocenters. The smallest absolute Gasteiger partial charge is 0.313 e. The number of allylic oxidation sites excluding steroid dienone is 6. The zero-order chi connectivity index (χ0) is 41.4. The number of nitrogens with one attached hydrogen (secondary N) is 1. The van der Waals surface area contributed by atoms with E-state index in [0.717, 1.165) is 14.0 Å². The number of methoxy groups -OCH3 is 1. The Bertz CT molecular complexity index is 1960. The Kier molecular flexibility index (Phi) is 12.7. The van der Waals surface area contributed by atoms with Crippen LogP contribution in [0.3, 0.4) is 0 Å². The number of aliphatic hydroxyl groups excluding tert-OH is 3. The number of rotatable bonds is 2. The number of aliphatic hydroxyl groups is 4. The molecule has 0 saturated carbocycles. The van der Waals surface area contributed by atoms with Gasteiger partial charge in [-0.1, -0.05) is 39.0 Å². The van der Waals surface area contributed by atoms with Gasteiger partial charge in [0.25, 0.3) is 5.91 Å². The van der Waals surface area contributed by atoms with Crippen molar-refractivity contribution < 1.29 is 68.5 Å². The van der Waals surface area contributed by atoms with Crippen molar-refractivity contribution in [2.45, 2.75) is 86.2 Å². The number of phenols is 1. The number of hydrogen-bond donors (Lipinski definition) is 6. The standard InChI is InChI=1S/C40H49NO14/c1-16-12-11-13-17(2)38(49)41-28-19(4)36(55-23(8)42)24-25(33(28)47)31(45)21(6)35-26(24)34(53-15-54-35)18(3)14-40(9,51)37(48)22(7)32(46)27(39(50)52-10)30(44)20(5)29(16)43/h11-14,16,20,22,27,30,32,37,44,46-48,51H,15H2,1-10H3,(H,41,49)/t16-,20-,22+,27-,30-,32-,37-,40+/m1/s1. The van der Waals surface area contributed by atoms with Gasteiger partial charge in [0.05, 0.1) is 42.2 Å². The third-order valence-electron chi connectivity index (χ3n) is 10.4. The molecule has 0 fully saturated rings. The van der Waals surface area contributed by atoms with Crippen molar-refractivity contribution in [2.24, 2.45) is 23.7 Å². The van der Waals surface area contributed by atoms with Gasteiger partial charge in [-0.05, 0) is 46.3 Å². The largest absolute Gasteiger partial charge is 0.505 e. The quantitative estimate of drug-likeness (QED) is 0.144. The fraction of sp³-hybridized carbons (Fsp3) is 0.475. The minimum Gasteiger partial charge on any atom is -0.505 e. The summed E-state index contributed by atoms with van der Waals surface area (Å²) in [5.41, 5.74) is -2.46. The highest BCUT2D eigenvalue weighted by molar-refractivity contribution is 6.21. The van der Waals surface area contributed by atoms with Gasteiger partial charge < -0.3 is 49.8 Å². The maximum Gasteiger partial charge on any atom is 0.313 e. The third-order valence-corrected chi connectivity index (χ3v) is 10.4. The average Bonchev–Trinajstić information content (AvgIpc) is 3.13. The van der Waals surface area contributed by atoms with Crippen LogP contribution in [-0.2, 0) is 33.4 Å². The molecule has 15 heteroatoms. The van der Waals surface area contributed by atoms with E-state index in [4.69, 9.17) is 18.9 Å². The molecule has 3 heterocycles. The molecule has 1 amide bonds. The molecule has 4 aliphatic rings. The van der Waals surface area contributed by atoms with Gasteiger partial charge in [0, 0.05) is 47.0 Å². The molecular weight excluding hydrogens is 718 g/mol. The van der Waals surface area contributed by atoms with Gasteiger partial charge in [-0.3, -0.25) is 24.0 Å². The number of ether oxygens (including phenoxy) is 4. The normalized spacial score (nSPS) is 29.5. The fourth-order valence-electron chi connectivity index (χ4n) is 7.13. The second kappa shape index (κ2) is 16.3. The van der Waals surface area contributed by atoms with Crippen LogP contribution < -0.4 is 10.1 Å². The lowest BCUT2D eigenvalue weighted by atomic mass is 9.75. The highest BCUT2D eigenvalue weighted by atomic mass is 16.7. The number of hydrogen-bond acceptors (Lipinski definition) is 14. The molecule has 8 atom stereocenters. The number of benzene rings is 1. The molecule has 6 N–H and O–H groups in total. The molecule has 1 aliphatic carbocycles. The van der Waals surface area contributed by atoms with Crippen molar-refractivity contribution >= 4 is 40.7 Å². The SMILES string of the molecule is COC(=O)[C@H]1[C@H](O)[C@H](C)[C@@H](O)[C@@](C)(O)C=C(C)C2=C3C(=C(C)C(=O)c4c(O)c(c(C)c(OC(C)=O)c43)NC(=O)C(C)=CC=C[C@@H](C)C(=O)[C@@H](C)[C@H]1O)OCO2. The van der Waals surface area contributed by atoms with E-state index in [9.17, 15) is 49.5 Å². The number of anilines is 1. The van der Waals surface area contributed by atoms with Crippen LogP contribution in [0.4, 0.5) is 5.69 Å². The molecule has 4 bridgehead atoms. The van der Waals surface area contributed by atoms with E-state index in [0.29, 0.717) is 0 Å². The first-order chi connectivity index (χ1) is 25.6. The van der Waals surface area contributed by atoms with E-state index in [1.54, 1.807) is 0 Å². The summed E-state index contributed by atoms with van der Waals surface area (Å²) in [6.45, 7) is 12.0. The zero-order valence-electron chi connectivity index (χ0n) is 32.5. The van der Waals surface area contributed by atoms with Gasteiger partial charge in [0.2, 0.25) is 6.79 Å². The second-order valence-electron chi connectivity index (χ2n) is 14.5. The molecule has 0 saturated heterocycles. The first-order valence-corrected chi connectivity index (χ1v) is 17.7. The molecule has 55 heavy (non-hydrogen) atoms. The second-order valence-corrected chi connectivity index (χ2v) is 14.5. The first-order valence-electron chi connectivity index (χ1n) is 17.7. The Balaban J connectivity index is 2.07. The number of carbonyl (C=O) groups excluding carboxylic acids is 5. The van der Waals surface area contributed by atoms with Gasteiger partial charge in [0.15, 0.2) is 11.5 Å². The van der Waals surface area contributed by atoms with Crippen LogP contribution >= 0.6 is 0 Å². The number of amides is 1. The molecule has 1 aromatic rings. The summed E-state index contributed by atoms with van der Waals surface area (Å²) in [6.07, 6.45) is 0.0247. The predicted octanol–water partition coefficient (Wildman–Crippen LogP) is 3.31. The van der Waals surface area contributed by atoms with Crippen LogP contribution in [0, 0.1) is 30.6 Å². The average molecular weight is 768 g/mol. The predicted molar refractivity (Wildman–Crippen MR) is 197 cm³/mol. The van der Waals surface area contributed by atoms with E-state index in [1.165, 1.54) is 79.7 Å². The minimum absolute atomic E-state index is 0.00714. The summed E-state index contributed by atoms with van der Waals surface area (Å²) in [4.78, 5) is 66.4. The van der Waals surface area contributed by atoms with E-state index >= 15 is 0 Å². The lowest BCUT2D eigenvalue weighted by Crippen LogP contribution is -2.52. The summed E-state index contributed by atoms with van der Waals surface area (Å²) >= 11 is 0. The molecule has 5 rings (SSSR count). The molecule has 298 valence electrons. The Morgan fingerprint density at radius 2 is 1.56 bits per heavy atom. The van der Waals surface area contributed by atoms with Gasteiger partial charge in [-0.25, -0.2) is 0 Å². The molecule has 15 nitrogen and oxygen atoms in total. The maximum absolute atomic E-state index is 14.0. The monoisotopic (exact) mass is 767 g/mol. The lowest BCUT2D eigenvalue weighted by Gasteiger charge is -2.38. The molecule has 0 aromatic heterocycles. The van der Waals surface area contributed by atoms with Crippen molar-refractivity contribution in [1.29, 1.82) is 0 Å². The van der Waals surface area contributed by atoms with Crippen LogP contribution in [0.1, 0.15) is 76.9 Å². The lowest BCUT2D eigenvalue weighted by molar-refractivity contribution is -0.166. The topological polar surface area (TPSA) is 235 Å². The Morgan fingerprint density at radius 3 is 2.16 bits per heavy atom. The van der Waals surface area contributed by atoms with E-state index < -0.39 is 89.5 Å². The number of esters is 2. The van der Waals surface area contributed by atoms with E-state index in [1.807, 2.05) is 0 Å². The zero-order valence-corrected chi connectivity index (χ0v) is 32.5. The fourth-order valence-corrected chi connectivity index (χ4v) is 7.13. The van der Waals surface area contributed by atoms with Crippen LogP contribution in [-0.4, -0.2) is 92.8 Å². The third kappa shape index (κ3) is 8.01. The molecular formula is C40H49NO14. The van der Waals surface area contributed by atoms with Gasteiger partial charge in [-0.2, -0.15) is 0 Å².